The normalized spacial score (nSPS) is 16.8. The number of hydrogen-bond acceptors (Lipinski definition) is 2. The van der Waals surface area contributed by atoms with Gasteiger partial charge in [0.25, 0.3) is 0 Å². The van der Waals surface area contributed by atoms with Crippen LogP contribution in [0.2, 0.25) is 0 Å². The number of amides is 3. The lowest BCUT2D eigenvalue weighted by atomic mass is 10.0. The minimum absolute atomic E-state index is 0.0123. The van der Waals surface area contributed by atoms with E-state index >= 15 is 0 Å². The SMILES string of the molecule is CC(=O)N(C)C1CCN(C(=O)N[C@H](C)CCc2cccn2C)CC1. The summed E-state index contributed by atoms with van der Waals surface area (Å²) in [6, 6.07) is 4.57. The number of urea groups is 1. The number of hydrogen-bond donors (Lipinski definition) is 1. The number of carbonyl (C=O) groups is 2. The van der Waals surface area contributed by atoms with Crippen LogP contribution < -0.4 is 5.32 Å². The fraction of sp³-hybridized carbons (Fsp3) is 0.667. The molecule has 2 heterocycles. The Morgan fingerprint density at radius 1 is 1.38 bits per heavy atom. The van der Waals surface area contributed by atoms with E-state index in [1.165, 1.54) is 5.69 Å². The zero-order chi connectivity index (χ0) is 17.7. The molecule has 0 spiro atoms. The van der Waals surface area contributed by atoms with Gasteiger partial charge in [-0.15, -0.1) is 0 Å². The molecule has 0 aliphatic carbocycles. The number of aryl methyl sites for hydroxylation is 2. The summed E-state index contributed by atoms with van der Waals surface area (Å²) in [5, 5.41) is 3.10. The summed E-state index contributed by atoms with van der Waals surface area (Å²) < 4.78 is 2.12. The third kappa shape index (κ3) is 4.76. The van der Waals surface area contributed by atoms with E-state index in [4.69, 9.17) is 0 Å². The number of rotatable bonds is 5. The van der Waals surface area contributed by atoms with E-state index in [9.17, 15) is 9.59 Å². The van der Waals surface area contributed by atoms with Gasteiger partial charge in [0, 0.05) is 58.1 Å². The van der Waals surface area contributed by atoms with E-state index in [0.29, 0.717) is 13.1 Å². The quantitative estimate of drug-likeness (QED) is 0.895. The first kappa shape index (κ1) is 18.4. The van der Waals surface area contributed by atoms with Crippen LogP contribution in [0.5, 0.6) is 0 Å². The van der Waals surface area contributed by atoms with E-state index in [0.717, 1.165) is 25.7 Å². The van der Waals surface area contributed by atoms with Crippen LogP contribution in [-0.2, 0) is 18.3 Å². The number of carbonyl (C=O) groups excluding carboxylic acids is 2. The fourth-order valence-electron chi connectivity index (χ4n) is 3.21. The van der Waals surface area contributed by atoms with E-state index in [1.807, 2.05) is 31.3 Å². The molecule has 1 aliphatic rings. The molecule has 6 heteroatoms. The van der Waals surface area contributed by atoms with Crippen LogP contribution in [0, 0.1) is 0 Å². The van der Waals surface area contributed by atoms with Crippen molar-refractivity contribution in [1.29, 1.82) is 0 Å². The van der Waals surface area contributed by atoms with Crippen molar-refractivity contribution in [2.45, 2.75) is 51.6 Å². The Bertz CT molecular complexity index is 561. The van der Waals surface area contributed by atoms with E-state index < -0.39 is 0 Å². The van der Waals surface area contributed by atoms with E-state index in [1.54, 1.807) is 11.8 Å². The van der Waals surface area contributed by atoms with Crippen LogP contribution in [0.1, 0.15) is 38.8 Å². The largest absolute Gasteiger partial charge is 0.354 e. The Kier molecular flexibility index (Phi) is 6.29. The molecule has 0 aromatic carbocycles. The topological polar surface area (TPSA) is 57.6 Å². The van der Waals surface area contributed by atoms with Crippen molar-refractivity contribution < 1.29 is 9.59 Å². The van der Waals surface area contributed by atoms with Crippen LogP contribution in [0.3, 0.4) is 0 Å². The second kappa shape index (κ2) is 8.22. The van der Waals surface area contributed by atoms with Crippen molar-refractivity contribution in [3.63, 3.8) is 0 Å². The molecule has 1 aromatic heterocycles. The van der Waals surface area contributed by atoms with Crippen molar-refractivity contribution in [2.24, 2.45) is 7.05 Å². The van der Waals surface area contributed by atoms with Gasteiger partial charge in [0.2, 0.25) is 5.91 Å². The molecule has 0 bridgehead atoms. The molecule has 134 valence electrons. The van der Waals surface area contributed by atoms with Gasteiger partial charge in [-0.25, -0.2) is 4.79 Å². The molecule has 0 saturated carbocycles. The molecule has 1 aliphatic heterocycles. The van der Waals surface area contributed by atoms with Crippen molar-refractivity contribution in [2.75, 3.05) is 20.1 Å². The highest BCUT2D eigenvalue weighted by atomic mass is 16.2. The first-order valence-corrected chi connectivity index (χ1v) is 8.77. The number of aromatic nitrogens is 1. The van der Waals surface area contributed by atoms with Gasteiger partial charge in [-0.3, -0.25) is 4.79 Å². The summed E-state index contributed by atoms with van der Waals surface area (Å²) in [6.45, 7) is 5.06. The Morgan fingerprint density at radius 2 is 2.04 bits per heavy atom. The maximum absolute atomic E-state index is 12.4. The molecule has 24 heavy (non-hydrogen) atoms. The summed E-state index contributed by atoms with van der Waals surface area (Å²) in [7, 11) is 3.88. The average Bonchev–Trinajstić information content (AvgIpc) is 2.97. The molecule has 2 rings (SSSR count). The lowest BCUT2D eigenvalue weighted by Gasteiger charge is -2.36. The summed E-state index contributed by atoms with van der Waals surface area (Å²) in [5.41, 5.74) is 1.28. The highest BCUT2D eigenvalue weighted by Gasteiger charge is 2.26. The standard InChI is InChI=1S/C18H30N4O2/c1-14(7-8-16-6-5-11-20(16)3)19-18(24)22-12-9-17(10-13-22)21(4)15(2)23/h5-6,11,14,17H,7-10,12-13H2,1-4H3,(H,19,24)/t14-/m1/s1. The first-order valence-electron chi connectivity index (χ1n) is 8.77. The highest BCUT2D eigenvalue weighted by Crippen LogP contribution is 2.16. The van der Waals surface area contributed by atoms with Gasteiger partial charge >= 0.3 is 6.03 Å². The third-order valence-corrected chi connectivity index (χ3v) is 5.05. The van der Waals surface area contributed by atoms with Crippen LogP contribution in [0.15, 0.2) is 18.3 Å². The van der Waals surface area contributed by atoms with Crippen LogP contribution in [-0.4, -0.2) is 58.5 Å². The lowest BCUT2D eigenvalue weighted by molar-refractivity contribution is -0.130. The van der Waals surface area contributed by atoms with Crippen molar-refractivity contribution in [1.82, 2.24) is 19.7 Å². The smallest absolute Gasteiger partial charge is 0.317 e. The summed E-state index contributed by atoms with van der Waals surface area (Å²) in [5.74, 6) is 0.0900. The molecule has 3 amide bonds. The zero-order valence-corrected chi connectivity index (χ0v) is 15.3. The van der Waals surface area contributed by atoms with Crippen molar-refractivity contribution >= 4 is 11.9 Å². The molecule has 1 fully saturated rings. The van der Waals surface area contributed by atoms with Gasteiger partial charge in [0.15, 0.2) is 0 Å². The average molecular weight is 334 g/mol. The second-order valence-corrected chi connectivity index (χ2v) is 6.85. The zero-order valence-electron chi connectivity index (χ0n) is 15.3. The second-order valence-electron chi connectivity index (χ2n) is 6.85. The van der Waals surface area contributed by atoms with Crippen molar-refractivity contribution in [3.05, 3.63) is 24.0 Å². The molecule has 1 N–H and O–H groups in total. The summed E-state index contributed by atoms with van der Waals surface area (Å²) in [4.78, 5) is 27.5. The van der Waals surface area contributed by atoms with Crippen LogP contribution in [0.4, 0.5) is 4.79 Å². The third-order valence-electron chi connectivity index (χ3n) is 5.05. The van der Waals surface area contributed by atoms with E-state index in [2.05, 4.69) is 22.9 Å². The number of nitrogens with one attached hydrogen (secondary N) is 1. The lowest BCUT2D eigenvalue weighted by Crippen LogP contribution is -2.51. The first-order chi connectivity index (χ1) is 11.4. The Hall–Kier alpha value is -1.98. The number of nitrogens with zero attached hydrogens (tertiary/aromatic N) is 3. The van der Waals surface area contributed by atoms with Gasteiger partial charge in [0.1, 0.15) is 0 Å². The van der Waals surface area contributed by atoms with Gasteiger partial charge in [-0.05, 0) is 44.7 Å². The highest BCUT2D eigenvalue weighted by molar-refractivity contribution is 5.75. The van der Waals surface area contributed by atoms with Crippen LogP contribution in [0.25, 0.3) is 0 Å². The Labute approximate surface area is 144 Å². The molecule has 0 unspecified atom stereocenters. The predicted octanol–water partition coefficient (Wildman–Crippen LogP) is 2.00. The molecule has 0 radical (unpaired) electrons. The predicted molar refractivity (Wildman–Crippen MR) is 94.8 cm³/mol. The summed E-state index contributed by atoms with van der Waals surface area (Å²) in [6.07, 6.45) is 5.62. The molecular weight excluding hydrogens is 304 g/mol. The minimum atomic E-state index is 0.0123. The number of piperidine rings is 1. The Balaban J connectivity index is 1.73. The van der Waals surface area contributed by atoms with E-state index in [-0.39, 0.29) is 24.0 Å². The van der Waals surface area contributed by atoms with Gasteiger partial charge in [-0.2, -0.15) is 0 Å². The summed E-state index contributed by atoms with van der Waals surface area (Å²) >= 11 is 0. The molecular formula is C18H30N4O2. The molecule has 6 nitrogen and oxygen atoms in total. The molecule has 1 aromatic rings. The molecule has 1 saturated heterocycles. The maximum atomic E-state index is 12.4. The Morgan fingerprint density at radius 3 is 2.58 bits per heavy atom. The van der Waals surface area contributed by atoms with Crippen LogP contribution >= 0.6 is 0 Å². The fourth-order valence-corrected chi connectivity index (χ4v) is 3.21. The van der Waals surface area contributed by atoms with Crippen molar-refractivity contribution in [3.8, 4) is 0 Å². The molecule has 1 atom stereocenters. The maximum Gasteiger partial charge on any atom is 0.317 e. The monoisotopic (exact) mass is 334 g/mol. The van der Waals surface area contributed by atoms with Gasteiger partial charge in [0.05, 0.1) is 0 Å². The van der Waals surface area contributed by atoms with Gasteiger partial charge < -0.3 is 19.7 Å². The number of likely N-dealkylation sites (tertiary alicyclic amines) is 1. The van der Waals surface area contributed by atoms with Gasteiger partial charge in [-0.1, -0.05) is 0 Å². The minimum Gasteiger partial charge on any atom is -0.354 e.